The molecule has 2 aliphatic carbocycles. The zero-order chi connectivity index (χ0) is 14.2. The van der Waals surface area contributed by atoms with Gasteiger partial charge in [-0.1, -0.05) is 30.3 Å². The first kappa shape index (κ1) is 13.2. The van der Waals surface area contributed by atoms with Crippen LogP contribution in [0, 0.1) is 34.5 Å². The van der Waals surface area contributed by atoms with Crippen LogP contribution in [0.5, 0.6) is 0 Å². The Morgan fingerprint density at radius 3 is 2.35 bits per heavy atom. The van der Waals surface area contributed by atoms with Crippen molar-refractivity contribution in [3.63, 3.8) is 0 Å². The summed E-state index contributed by atoms with van der Waals surface area (Å²) in [5, 5.41) is 18.8. The molecule has 2 saturated carbocycles. The summed E-state index contributed by atoms with van der Waals surface area (Å²) in [6, 6.07) is 12.1. The molecule has 1 aromatic carbocycles. The number of rotatable bonds is 4. The molecule has 0 radical (unpaired) electrons. The molecule has 0 aliphatic heterocycles. The number of nitrogens with zero attached hydrogens (tertiary/aromatic N) is 1. The molecule has 2 fully saturated rings. The van der Waals surface area contributed by atoms with Crippen molar-refractivity contribution in [3.05, 3.63) is 35.9 Å². The van der Waals surface area contributed by atoms with Crippen molar-refractivity contribution < 1.29 is 9.90 Å². The maximum absolute atomic E-state index is 11.5. The van der Waals surface area contributed by atoms with Crippen LogP contribution < -0.4 is 0 Å². The predicted octanol–water partition coefficient (Wildman–Crippen LogP) is 3.26. The van der Waals surface area contributed by atoms with Crippen LogP contribution in [0.1, 0.15) is 31.2 Å². The number of nitriles is 1. The van der Waals surface area contributed by atoms with Crippen LogP contribution in [0.15, 0.2) is 30.3 Å². The van der Waals surface area contributed by atoms with E-state index in [1.165, 1.54) is 12.8 Å². The first-order valence-electron chi connectivity index (χ1n) is 7.31. The van der Waals surface area contributed by atoms with Gasteiger partial charge in [0.1, 0.15) is 5.92 Å². The molecule has 0 bridgehead atoms. The minimum Gasteiger partial charge on any atom is -0.480 e. The van der Waals surface area contributed by atoms with Gasteiger partial charge in [0.25, 0.3) is 0 Å². The molecule has 0 aromatic heterocycles. The van der Waals surface area contributed by atoms with E-state index in [2.05, 4.69) is 6.07 Å². The molecule has 2 aliphatic rings. The Balaban J connectivity index is 1.92. The third kappa shape index (κ3) is 2.10. The molecule has 4 atom stereocenters. The number of carbonyl (C=O) groups is 1. The van der Waals surface area contributed by atoms with Gasteiger partial charge in [0.2, 0.25) is 0 Å². The summed E-state index contributed by atoms with van der Waals surface area (Å²) in [6.07, 6.45) is 4.93. The summed E-state index contributed by atoms with van der Waals surface area (Å²) in [5.74, 6) is -0.541. The largest absolute Gasteiger partial charge is 0.480 e. The Kier molecular flexibility index (Phi) is 3.25. The number of fused-ring (bicyclic) bond motifs is 1. The van der Waals surface area contributed by atoms with Crippen molar-refractivity contribution in [2.45, 2.75) is 32.1 Å². The highest BCUT2D eigenvalue weighted by Gasteiger charge is 2.54. The number of benzene rings is 1. The van der Waals surface area contributed by atoms with Gasteiger partial charge in [0.05, 0.1) is 6.07 Å². The molecule has 3 rings (SSSR count). The Morgan fingerprint density at radius 2 is 1.90 bits per heavy atom. The molecule has 0 heterocycles. The van der Waals surface area contributed by atoms with E-state index in [9.17, 15) is 15.2 Å². The fraction of sp³-hybridized carbons (Fsp3) is 0.529. The highest BCUT2D eigenvalue weighted by Crippen LogP contribution is 2.59. The van der Waals surface area contributed by atoms with Crippen LogP contribution in [0.25, 0.3) is 0 Å². The van der Waals surface area contributed by atoms with Gasteiger partial charge in [-0.15, -0.1) is 0 Å². The average Bonchev–Trinajstić information content (AvgIpc) is 2.65. The second-order valence-corrected chi connectivity index (χ2v) is 6.43. The zero-order valence-electron chi connectivity index (χ0n) is 11.5. The van der Waals surface area contributed by atoms with Crippen LogP contribution in [-0.4, -0.2) is 11.1 Å². The fourth-order valence-electron chi connectivity index (χ4n) is 4.24. The van der Waals surface area contributed by atoms with Gasteiger partial charge < -0.3 is 5.11 Å². The highest BCUT2D eigenvalue weighted by molar-refractivity contribution is 5.74. The van der Waals surface area contributed by atoms with Crippen molar-refractivity contribution in [2.24, 2.45) is 23.2 Å². The van der Waals surface area contributed by atoms with Crippen molar-refractivity contribution >= 4 is 5.97 Å². The molecule has 2 unspecified atom stereocenters. The highest BCUT2D eigenvalue weighted by atomic mass is 16.4. The van der Waals surface area contributed by atoms with E-state index in [1.807, 2.05) is 30.3 Å². The Labute approximate surface area is 119 Å². The van der Waals surface area contributed by atoms with Crippen LogP contribution in [-0.2, 0) is 11.2 Å². The molecule has 0 amide bonds. The van der Waals surface area contributed by atoms with E-state index < -0.39 is 11.9 Å². The Hall–Kier alpha value is -1.82. The molecular weight excluding hydrogens is 250 g/mol. The van der Waals surface area contributed by atoms with Gasteiger partial charge in [-0.3, -0.25) is 4.79 Å². The normalized spacial score (nSPS) is 32.8. The molecule has 0 saturated heterocycles. The molecular formula is C17H19NO2. The van der Waals surface area contributed by atoms with Crippen LogP contribution in [0.3, 0.4) is 0 Å². The molecule has 1 aromatic rings. The van der Waals surface area contributed by atoms with Gasteiger partial charge in [0.15, 0.2) is 0 Å². The monoisotopic (exact) mass is 269 g/mol. The summed E-state index contributed by atoms with van der Waals surface area (Å²) in [5.41, 5.74) is 0.781. The number of hydrogen-bond acceptors (Lipinski definition) is 2. The van der Waals surface area contributed by atoms with Crippen molar-refractivity contribution in [3.8, 4) is 6.07 Å². The molecule has 1 N–H and O–H groups in total. The lowest BCUT2D eigenvalue weighted by Crippen LogP contribution is -2.35. The third-order valence-electron chi connectivity index (χ3n) is 5.30. The molecule has 3 heteroatoms. The Bertz CT molecular complexity index is 534. The molecule has 20 heavy (non-hydrogen) atoms. The van der Waals surface area contributed by atoms with Gasteiger partial charge in [-0.2, -0.15) is 5.26 Å². The predicted molar refractivity (Wildman–Crippen MR) is 74.8 cm³/mol. The topological polar surface area (TPSA) is 61.1 Å². The number of carboxylic acids is 1. The van der Waals surface area contributed by atoms with E-state index >= 15 is 0 Å². The fourth-order valence-corrected chi connectivity index (χ4v) is 4.24. The van der Waals surface area contributed by atoms with Gasteiger partial charge in [-0.25, -0.2) is 0 Å². The minimum atomic E-state index is -0.954. The van der Waals surface area contributed by atoms with Crippen molar-refractivity contribution in [2.75, 3.05) is 0 Å². The second kappa shape index (κ2) is 4.94. The average molecular weight is 269 g/mol. The molecule has 3 nitrogen and oxygen atoms in total. The van der Waals surface area contributed by atoms with Crippen LogP contribution in [0.2, 0.25) is 0 Å². The van der Waals surface area contributed by atoms with E-state index in [1.54, 1.807) is 0 Å². The first-order valence-corrected chi connectivity index (χ1v) is 7.31. The lowest BCUT2D eigenvalue weighted by molar-refractivity contribution is -0.143. The van der Waals surface area contributed by atoms with Crippen molar-refractivity contribution in [1.82, 2.24) is 0 Å². The second-order valence-electron chi connectivity index (χ2n) is 6.43. The standard InChI is InChI=1S/C17H19NO2/c18-11-15(16(19)20)17(8-12-4-2-1-3-5-12)9-13-6-7-14(13)10-17/h1-5,13-15H,6-10H2,(H,19,20)/t13-,14+,15?,17?. The lowest BCUT2D eigenvalue weighted by atomic mass is 9.70. The quantitative estimate of drug-likeness (QED) is 0.912. The SMILES string of the molecule is N#CC(C(=O)O)C1(Cc2ccccc2)C[C@H]2CC[C@H]2C1. The first-order chi connectivity index (χ1) is 9.64. The smallest absolute Gasteiger partial charge is 0.321 e. The molecule has 104 valence electrons. The van der Waals surface area contributed by atoms with Gasteiger partial charge >= 0.3 is 5.97 Å². The Morgan fingerprint density at radius 1 is 1.30 bits per heavy atom. The maximum Gasteiger partial charge on any atom is 0.321 e. The van der Waals surface area contributed by atoms with Crippen LogP contribution >= 0.6 is 0 Å². The van der Waals surface area contributed by atoms with E-state index in [-0.39, 0.29) is 5.41 Å². The number of carboxylic acid groups (broad SMARTS) is 1. The number of aliphatic carboxylic acids is 1. The maximum atomic E-state index is 11.5. The molecule has 0 spiro atoms. The summed E-state index contributed by atoms with van der Waals surface area (Å²) >= 11 is 0. The van der Waals surface area contributed by atoms with E-state index in [0.717, 1.165) is 18.4 Å². The summed E-state index contributed by atoms with van der Waals surface area (Å²) in [6.45, 7) is 0. The summed E-state index contributed by atoms with van der Waals surface area (Å²) < 4.78 is 0. The van der Waals surface area contributed by atoms with Gasteiger partial charge in [-0.05, 0) is 49.5 Å². The summed E-state index contributed by atoms with van der Waals surface area (Å²) in [4.78, 5) is 11.5. The van der Waals surface area contributed by atoms with E-state index in [0.29, 0.717) is 18.3 Å². The minimum absolute atomic E-state index is 0.367. The van der Waals surface area contributed by atoms with Crippen LogP contribution in [0.4, 0.5) is 0 Å². The third-order valence-corrected chi connectivity index (χ3v) is 5.30. The lowest BCUT2D eigenvalue weighted by Gasteiger charge is -2.31. The van der Waals surface area contributed by atoms with Crippen molar-refractivity contribution in [1.29, 1.82) is 5.26 Å². The summed E-state index contributed by atoms with van der Waals surface area (Å²) in [7, 11) is 0. The van der Waals surface area contributed by atoms with E-state index in [4.69, 9.17) is 0 Å². The van der Waals surface area contributed by atoms with Gasteiger partial charge in [0, 0.05) is 5.41 Å². The zero-order valence-corrected chi connectivity index (χ0v) is 11.5. The number of hydrogen-bond donors (Lipinski definition) is 1.